The average molecular weight is 281 g/mol. The summed E-state index contributed by atoms with van der Waals surface area (Å²) in [7, 11) is 0. The summed E-state index contributed by atoms with van der Waals surface area (Å²) in [5.74, 6) is -1.49. The van der Waals surface area contributed by atoms with Gasteiger partial charge in [0.15, 0.2) is 5.69 Å². The van der Waals surface area contributed by atoms with Crippen LogP contribution in [0.25, 0.3) is 0 Å². The molecule has 1 heterocycles. The zero-order valence-electron chi connectivity index (χ0n) is 7.38. The standard InChI is InChI=1S/C8H7BrF2N2O2/c9-5-3(1-12)2-13-6(8(14)15)4(5)7(10)11/h2,7H,1,12H2,(H,14,15). The van der Waals surface area contributed by atoms with Crippen molar-refractivity contribution in [2.45, 2.75) is 13.0 Å². The Kier molecular flexibility index (Phi) is 3.70. The number of nitrogens with two attached hydrogens (primary N) is 1. The molecule has 0 fully saturated rings. The molecule has 0 radical (unpaired) electrons. The van der Waals surface area contributed by atoms with Gasteiger partial charge in [-0.15, -0.1) is 0 Å². The molecule has 0 amide bonds. The molecular formula is C8H7BrF2N2O2. The third-order valence-electron chi connectivity index (χ3n) is 1.76. The van der Waals surface area contributed by atoms with Crippen molar-refractivity contribution < 1.29 is 18.7 Å². The van der Waals surface area contributed by atoms with Crippen molar-refractivity contribution in [3.63, 3.8) is 0 Å². The first-order chi connectivity index (χ1) is 6.99. The summed E-state index contributed by atoms with van der Waals surface area (Å²) in [5.41, 5.74) is 4.33. The highest BCUT2D eigenvalue weighted by Crippen LogP contribution is 2.31. The smallest absolute Gasteiger partial charge is 0.355 e. The van der Waals surface area contributed by atoms with Gasteiger partial charge in [0.25, 0.3) is 6.43 Å². The highest BCUT2D eigenvalue weighted by atomic mass is 79.9. The van der Waals surface area contributed by atoms with Crippen LogP contribution in [0.15, 0.2) is 10.7 Å². The maximum Gasteiger partial charge on any atom is 0.355 e. The summed E-state index contributed by atoms with van der Waals surface area (Å²) in [6.45, 7) is 0.00715. The summed E-state index contributed by atoms with van der Waals surface area (Å²) >= 11 is 2.90. The zero-order valence-corrected chi connectivity index (χ0v) is 8.96. The largest absolute Gasteiger partial charge is 0.476 e. The van der Waals surface area contributed by atoms with Crippen molar-refractivity contribution in [1.82, 2.24) is 4.98 Å². The zero-order chi connectivity index (χ0) is 11.6. The van der Waals surface area contributed by atoms with Crippen molar-refractivity contribution >= 4 is 21.9 Å². The maximum absolute atomic E-state index is 12.6. The van der Waals surface area contributed by atoms with Crippen molar-refractivity contribution in [3.8, 4) is 0 Å². The number of carbonyl (C=O) groups is 1. The van der Waals surface area contributed by atoms with E-state index in [2.05, 4.69) is 20.9 Å². The van der Waals surface area contributed by atoms with Crippen molar-refractivity contribution in [3.05, 3.63) is 27.5 Å². The lowest BCUT2D eigenvalue weighted by Crippen LogP contribution is -2.10. The number of aromatic carboxylic acids is 1. The molecule has 0 saturated carbocycles. The van der Waals surface area contributed by atoms with E-state index < -0.39 is 23.7 Å². The molecule has 1 rings (SSSR count). The Labute approximate surface area is 92.2 Å². The van der Waals surface area contributed by atoms with Gasteiger partial charge in [-0.3, -0.25) is 0 Å². The lowest BCUT2D eigenvalue weighted by Gasteiger charge is -2.09. The molecule has 0 atom stereocenters. The number of carboxylic acids is 1. The van der Waals surface area contributed by atoms with E-state index in [0.29, 0.717) is 5.56 Å². The van der Waals surface area contributed by atoms with Gasteiger partial charge in [0.05, 0.1) is 5.56 Å². The molecule has 0 unspecified atom stereocenters. The van der Waals surface area contributed by atoms with Crippen molar-refractivity contribution in [2.75, 3.05) is 0 Å². The predicted octanol–water partition coefficient (Wildman–Crippen LogP) is 1.94. The van der Waals surface area contributed by atoms with E-state index in [1.54, 1.807) is 0 Å². The second-order valence-corrected chi connectivity index (χ2v) is 3.46. The van der Waals surface area contributed by atoms with Gasteiger partial charge in [-0.05, 0) is 21.5 Å². The number of aromatic nitrogens is 1. The number of carboxylic acid groups (broad SMARTS) is 1. The summed E-state index contributed by atoms with van der Waals surface area (Å²) in [5, 5.41) is 8.65. The predicted molar refractivity (Wildman–Crippen MR) is 51.7 cm³/mol. The van der Waals surface area contributed by atoms with Crippen molar-refractivity contribution in [2.24, 2.45) is 5.73 Å². The molecule has 15 heavy (non-hydrogen) atoms. The average Bonchev–Trinajstić information content (AvgIpc) is 2.16. The molecule has 0 saturated heterocycles. The first-order valence-electron chi connectivity index (χ1n) is 3.87. The van der Waals surface area contributed by atoms with Crippen LogP contribution >= 0.6 is 15.9 Å². The fourth-order valence-corrected chi connectivity index (χ4v) is 1.68. The van der Waals surface area contributed by atoms with E-state index in [0.717, 1.165) is 0 Å². The minimum Gasteiger partial charge on any atom is -0.476 e. The van der Waals surface area contributed by atoms with Crippen LogP contribution in [-0.2, 0) is 6.54 Å². The van der Waals surface area contributed by atoms with E-state index in [9.17, 15) is 13.6 Å². The third-order valence-corrected chi connectivity index (χ3v) is 2.70. The molecule has 0 aromatic carbocycles. The van der Waals surface area contributed by atoms with Crippen LogP contribution in [0, 0.1) is 0 Å². The van der Waals surface area contributed by atoms with Crippen LogP contribution < -0.4 is 5.73 Å². The SMILES string of the molecule is NCc1cnc(C(=O)O)c(C(F)F)c1Br. The third kappa shape index (κ3) is 2.29. The minimum atomic E-state index is -2.91. The Morgan fingerprint density at radius 2 is 2.27 bits per heavy atom. The molecule has 0 aliphatic carbocycles. The highest BCUT2D eigenvalue weighted by Gasteiger charge is 2.24. The van der Waals surface area contributed by atoms with Crippen LogP contribution in [0.5, 0.6) is 0 Å². The van der Waals surface area contributed by atoms with Gasteiger partial charge in [0, 0.05) is 17.2 Å². The van der Waals surface area contributed by atoms with Crippen LogP contribution in [0.3, 0.4) is 0 Å². The van der Waals surface area contributed by atoms with E-state index in [1.165, 1.54) is 6.20 Å². The number of hydrogen-bond acceptors (Lipinski definition) is 3. The Morgan fingerprint density at radius 1 is 1.67 bits per heavy atom. The number of nitrogens with zero attached hydrogens (tertiary/aromatic N) is 1. The van der Waals surface area contributed by atoms with Crippen LogP contribution in [0.1, 0.15) is 28.0 Å². The van der Waals surface area contributed by atoms with Gasteiger partial charge >= 0.3 is 5.97 Å². The molecule has 82 valence electrons. The Hall–Kier alpha value is -1.08. The van der Waals surface area contributed by atoms with E-state index >= 15 is 0 Å². The Bertz CT molecular complexity index is 398. The second-order valence-electron chi connectivity index (χ2n) is 2.67. The lowest BCUT2D eigenvalue weighted by molar-refractivity contribution is 0.0676. The van der Waals surface area contributed by atoms with Gasteiger partial charge < -0.3 is 10.8 Å². The first kappa shape index (κ1) is 12.0. The molecule has 4 nitrogen and oxygen atoms in total. The normalized spacial score (nSPS) is 10.7. The van der Waals surface area contributed by atoms with Crippen molar-refractivity contribution in [1.29, 1.82) is 0 Å². The molecule has 0 aliphatic rings. The summed E-state index contributed by atoms with van der Waals surface area (Å²) < 4.78 is 25.2. The molecule has 0 aliphatic heterocycles. The van der Waals surface area contributed by atoms with E-state index in [-0.39, 0.29) is 11.0 Å². The monoisotopic (exact) mass is 280 g/mol. The highest BCUT2D eigenvalue weighted by molar-refractivity contribution is 9.10. The molecule has 1 aromatic heterocycles. The second kappa shape index (κ2) is 4.63. The van der Waals surface area contributed by atoms with E-state index in [1.807, 2.05) is 0 Å². The summed E-state index contributed by atoms with van der Waals surface area (Å²) in [6, 6.07) is 0. The fourth-order valence-electron chi connectivity index (χ4n) is 1.06. The number of rotatable bonds is 3. The van der Waals surface area contributed by atoms with Gasteiger partial charge in [-0.25, -0.2) is 18.6 Å². The molecule has 7 heteroatoms. The van der Waals surface area contributed by atoms with Gasteiger partial charge in [0.1, 0.15) is 0 Å². The van der Waals surface area contributed by atoms with Crippen LogP contribution in [-0.4, -0.2) is 16.1 Å². The maximum atomic E-state index is 12.6. The molecular weight excluding hydrogens is 274 g/mol. The topological polar surface area (TPSA) is 76.2 Å². The summed E-state index contributed by atoms with van der Waals surface area (Å²) in [4.78, 5) is 14.1. The quantitative estimate of drug-likeness (QED) is 0.887. The van der Waals surface area contributed by atoms with E-state index in [4.69, 9.17) is 10.8 Å². The molecule has 0 spiro atoms. The first-order valence-corrected chi connectivity index (χ1v) is 4.67. The number of alkyl halides is 2. The molecule has 3 N–H and O–H groups in total. The van der Waals surface area contributed by atoms with Gasteiger partial charge in [-0.2, -0.15) is 0 Å². The molecule has 1 aromatic rings. The lowest BCUT2D eigenvalue weighted by atomic mass is 10.1. The fraction of sp³-hybridized carbons (Fsp3) is 0.250. The van der Waals surface area contributed by atoms with Gasteiger partial charge in [0.2, 0.25) is 0 Å². The van der Waals surface area contributed by atoms with Crippen LogP contribution in [0.4, 0.5) is 8.78 Å². The summed E-state index contributed by atoms with van der Waals surface area (Å²) in [6.07, 6.45) is -1.75. The number of pyridine rings is 1. The Balaban J connectivity index is 3.44. The van der Waals surface area contributed by atoms with Gasteiger partial charge in [-0.1, -0.05) is 0 Å². The Morgan fingerprint density at radius 3 is 2.67 bits per heavy atom. The number of hydrogen-bond donors (Lipinski definition) is 2. The molecule has 0 bridgehead atoms. The van der Waals surface area contributed by atoms with Crippen LogP contribution in [0.2, 0.25) is 0 Å². The minimum absolute atomic E-state index is 0.00685. The number of halogens is 3.